The monoisotopic (exact) mass is 285 g/mol. The minimum atomic E-state index is 0.587. The lowest BCUT2D eigenvalue weighted by molar-refractivity contribution is 0.516. The van der Waals surface area contributed by atoms with Crippen molar-refractivity contribution in [1.82, 2.24) is 5.32 Å². The fourth-order valence-corrected chi connectivity index (χ4v) is 3.16. The first kappa shape index (κ1) is 16.3. The second-order valence-electron chi connectivity index (χ2n) is 6.41. The van der Waals surface area contributed by atoms with E-state index in [9.17, 15) is 0 Å². The van der Waals surface area contributed by atoms with Gasteiger partial charge in [0.15, 0.2) is 0 Å². The van der Waals surface area contributed by atoms with Crippen molar-refractivity contribution >= 4 is 0 Å². The quantitative estimate of drug-likeness (QED) is 0.680. The molecule has 0 aliphatic heterocycles. The molecule has 1 aromatic carbocycles. The van der Waals surface area contributed by atoms with Crippen LogP contribution in [0.25, 0.3) is 0 Å². The summed E-state index contributed by atoms with van der Waals surface area (Å²) in [6.45, 7) is 5.55. The van der Waals surface area contributed by atoms with Crippen LogP contribution in [0.2, 0.25) is 0 Å². The van der Waals surface area contributed by atoms with Crippen LogP contribution in [-0.2, 0) is 6.42 Å². The van der Waals surface area contributed by atoms with Crippen LogP contribution in [0.3, 0.4) is 0 Å². The summed E-state index contributed by atoms with van der Waals surface area (Å²) < 4.78 is 0. The average molecular weight is 285 g/mol. The first-order valence-corrected chi connectivity index (χ1v) is 8.77. The van der Waals surface area contributed by atoms with Gasteiger partial charge in [0.25, 0.3) is 0 Å². The van der Waals surface area contributed by atoms with E-state index >= 15 is 0 Å². The van der Waals surface area contributed by atoms with Crippen LogP contribution in [0, 0.1) is 6.92 Å². The highest BCUT2D eigenvalue weighted by Crippen LogP contribution is 2.22. The van der Waals surface area contributed by atoms with E-state index in [0.29, 0.717) is 6.04 Å². The summed E-state index contributed by atoms with van der Waals surface area (Å²) in [5.41, 5.74) is 4.50. The van der Waals surface area contributed by atoms with Crippen molar-refractivity contribution < 1.29 is 0 Å². The summed E-state index contributed by atoms with van der Waals surface area (Å²) in [5, 5.41) is 3.78. The molecule has 1 heteroatoms. The van der Waals surface area contributed by atoms with Crippen LogP contribution < -0.4 is 5.32 Å². The Morgan fingerprint density at radius 3 is 2.67 bits per heavy atom. The summed E-state index contributed by atoms with van der Waals surface area (Å²) in [6.07, 6.45) is 12.9. The third kappa shape index (κ3) is 5.67. The number of nitrogens with one attached hydrogen (secondary N) is 1. The van der Waals surface area contributed by atoms with Crippen molar-refractivity contribution in [2.45, 2.75) is 71.3 Å². The number of benzene rings is 1. The van der Waals surface area contributed by atoms with Gasteiger partial charge in [0.1, 0.15) is 0 Å². The summed E-state index contributed by atoms with van der Waals surface area (Å²) in [4.78, 5) is 0. The van der Waals surface area contributed by atoms with Crippen LogP contribution in [-0.4, -0.2) is 12.6 Å². The van der Waals surface area contributed by atoms with E-state index in [4.69, 9.17) is 0 Å². The van der Waals surface area contributed by atoms with Gasteiger partial charge in [0, 0.05) is 6.04 Å². The highest BCUT2D eigenvalue weighted by Gasteiger charge is 2.14. The van der Waals surface area contributed by atoms with Gasteiger partial charge in [-0.2, -0.15) is 0 Å². The summed E-state index contributed by atoms with van der Waals surface area (Å²) in [6, 6.07) is 9.62. The molecule has 0 spiro atoms. The Bertz CT molecular complexity index is 430. The van der Waals surface area contributed by atoms with Crippen molar-refractivity contribution in [2.24, 2.45) is 0 Å². The maximum absolute atomic E-state index is 3.78. The topological polar surface area (TPSA) is 12.0 Å². The summed E-state index contributed by atoms with van der Waals surface area (Å²) in [5.74, 6) is 0. The van der Waals surface area contributed by atoms with Crippen molar-refractivity contribution in [1.29, 1.82) is 0 Å². The Morgan fingerprint density at radius 1 is 1.10 bits per heavy atom. The molecule has 0 aromatic heterocycles. The molecule has 1 N–H and O–H groups in total. The molecule has 1 aliphatic carbocycles. The van der Waals surface area contributed by atoms with Crippen LogP contribution in [0.15, 0.2) is 35.9 Å². The molecule has 1 unspecified atom stereocenters. The van der Waals surface area contributed by atoms with Crippen LogP contribution >= 0.6 is 0 Å². The Morgan fingerprint density at radius 2 is 1.90 bits per heavy atom. The van der Waals surface area contributed by atoms with E-state index in [1.807, 2.05) is 0 Å². The van der Waals surface area contributed by atoms with Crippen molar-refractivity contribution in [3.8, 4) is 0 Å². The van der Waals surface area contributed by atoms with Gasteiger partial charge in [0.2, 0.25) is 0 Å². The zero-order valence-corrected chi connectivity index (χ0v) is 13.8. The Kier molecular flexibility index (Phi) is 7.02. The Labute approximate surface area is 130 Å². The summed E-state index contributed by atoms with van der Waals surface area (Å²) >= 11 is 0. The lowest BCUT2D eigenvalue weighted by Gasteiger charge is -2.22. The number of rotatable bonds is 7. The van der Waals surface area contributed by atoms with E-state index < -0.39 is 0 Å². The fraction of sp³-hybridized carbons (Fsp3) is 0.600. The van der Waals surface area contributed by atoms with Crippen molar-refractivity contribution in [2.75, 3.05) is 6.54 Å². The standard InChI is InChI=1S/C20H31N/c1-3-16-21-20(19-8-6-4-5-7-9-19)15-14-18-12-10-17(2)11-13-18/h8,10-13,20-21H,3-7,9,14-16H2,1-2H3. The molecular weight excluding hydrogens is 254 g/mol. The Balaban J connectivity index is 1.94. The molecule has 0 saturated heterocycles. The molecule has 0 fully saturated rings. The van der Waals surface area contributed by atoms with E-state index in [1.54, 1.807) is 5.57 Å². The highest BCUT2D eigenvalue weighted by atomic mass is 14.9. The molecular formula is C20H31N. The van der Waals surface area contributed by atoms with Gasteiger partial charge in [-0.15, -0.1) is 0 Å². The van der Waals surface area contributed by atoms with Gasteiger partial charge >= 0.3 is 0 Å². The van der Waals surface area contributed by atoms with Crippen molar-refractivity contribution in [3.05, 3.63) is 47.0 Å². The van der Waals surface area contributed by atoms with Gasteiger partial charge in [0.05, 0.1) is 0 Å². The van der Waals surface area contributed by atoms with Crippen LogP contribution in [0.5, 0.6) is 0 Å². The molecule has 116 valence electrons. The van der Waals surface area contributed by atoms with Gasteiger partial charge in [-0.25, -0.2) is 0 Å². The minimum Gasteiger partial charge on any atom is -0.310 e. The predicted octanol–water partition coefficient (Wildman–Crippen LogP) is 5.19. The predicted molar refractivity (Wildman–Crippen MR) is 92.7 cm³/mol. The average Bonchev–Trinajstić information content (AvgIpc) is 2.78. The smallest absolute Gasteiger partial charge is 0.0282 e. The molecule has 1 nitrogen and oxygen atoms in total. The number of hydrogen-bond donors (Lipinski definition) is 1. The van der Waals surface area contributed by atoms with E-state index in [-0.39, 0.29) is 0 Å². The third-order valence-electron chi connectivity index (χ3n) is 4.51. The molecule has 0 heterocycles. The van der Waals surface area contributed by atoms with E-state index in [1.165, 1.54) is 62.5 Å². The van der Waals surface area contributed by atoms with E-state index in [2.05, 4.69) is 49.5 Å². The van der Waals surface area contributed by atoms with Gasteiger partial charge in [-0.05, 0) is 64.0 Å². The normalized spacial score (nSPS) is 17.1. The highest BCUT2D eigenvalue weighted by molar-refractivity contribution is 5.22. The SMILES string of the molecule is CCCNC(CCc1ccc(C)cc1)C1=CCCCCC1. The largest absolute Gasteiger partial charge is 0.310 e. The number of allylic oxidation sites excluding steroid dienone is 1. The molecule has 0 bridgehead atoms. The fourth-order valence-electron chi connectivity index (χ4n) is 3.16. The molecule has 0 radical (unpaired) electrons. The first-order chi connectivity index (χ1) is 10.3. The zero-order chi connectivity index (χ0) is 14.9. The molecule has 1 aromatic rings. The van der Waals surface area contributed by atoms with Crippen LogP contribution in [0.1, 0.15) is 63.0 Å². The third-order valence-corrected chi connectivity index (χ3v) is 4.51. The maximum atomic E-state index is 3.78. The Hall–Kier alpha value is -1.08. The molecule has 21 heavy (non-hydrogen) atoms. The second kappa shape index (κ2) is 9.04. The second-order valence-corrected chi connectivity index (χ2v) is 6.41. The molecule has 2 rings (SSSR count). The molecule has 0 saturated carbocycles. The van der Waals surface area contributed by atoms with Crippen molar-refractivity contribution in [3.63, 3.8) is 0 Å². The minimum absolute atomic E-state index is 0.587. The lowest BCUT2D eigenvalue weighted by Crippen LogP contribution is -2.32. The van der Waals surface area contributed by atoms with Gasteiger partial charge < -0.3 is 5.32 Å². The lowest BCUT2D eigenvalue weighted by atomic mass is 9.95. The molecule has 1 aliphatic rings. The zero-order valence-electron chi connectivity index (χ0n) is 13.8. The first-order valence-electron chi connectivity index (χ1n) is 8.77. The summed E-state index contributed by atoms with van der Waals surface area (Å²) in [7, 11) is 0. The maximum Gasteiger partial charge on any atom is 0.0282 e. The molecule has 0 amide bonds. The van der Waals surface area contributed by atoms with E-state index in [0.717, 1.165) is 6.54 Å². The van der Waals surface area contributed by atoms with Crippen LogP contribution in [0.4, 0.5) is 0 Å². The number of hydrogen-bond acceptors (Lipinski definition) is 1. The van der Waals surface area contributed by atoms with Gasteiger partial charge in [-0.3, -0.25) is 0 Å². The molecule has 1 atom stereocenters. The number of aryl methyl sites for hydroxylation is 2. The van der Waals surface area contributed by atoms with Gasteiger partial charge in [-0.1, -0.05) is 54.8 Å².